The van der Waals surface area contributed by atoms with E-state index in [1.165, 1.54) is 0 Å². The summed E-state index contributed by atoms with van der Waals surface area (Å²) in [6, 6.07) is 20.6. The molecule has 2 aromatic carbocycles. The van der Waals surface area contributed by atoms with E-state index < -0.39 is 0 Å². The summed E-state index contributed by atoms with van der Waals surface area (Å²) in [7, 11) is 0. The Morgan fingerprint density at radius 2 is 1.78 bits per heavy atom. The maximum atomic E-state index is 12.5. The molecule has 0 aliphatic carbocycles. The standard InChI is InChI=1S/C25H25N5O2/c1-4-19-8-5-6-10-22(19)30-23(16-18(3)29-30)32-24-21(9-7-15-26-24)28-25(31)27-20-13-11-17(2)12-14-20/h5-16H,4H2,1-3H3,(H2,27,28,31). The zero-order valence-corrected chi connectivity index (χ0v) is 18.3. The van der Waals surface area contributed by atoms with Crippen LogP contribution in [0.4, 0.5) is 16.2 Å². The first kappa shape index (κ1) is 21.1. The number of aromatic nitrogens is 3. The highest BCUT2D eigenvalue weighted by atomic mass is 16.5. The van der Waals surface area contributed by atoms with Crippen molar-refractivity contribution in [1.82, 2.24) is 14.8 Å². The highest BCUT2D eigenvalue weighted by Crippen LogP contribution is 2.30. The van der Waals surface area contributed by atoms with Crippen LogP contribution in [0.1, 0.15) is 23.7 Å². The predicted octanol–water partition coefficient (Wildman–Crippen LogP) is 5.88. The first-order valence-electron chi connectivity index (χ1n) is 10.5. The summed E-state index contributed by atoms with van der Waals surface area (Å²) in [6.07, 6.45) is 2.48. The first-order valence-corrected chi connectivity index (χ1v) is 10.5. The number of amides is 2. The molecule has 0 saturated carbocycles. The van der Waals surface area contributed by atoms with E-state index in [0.29, 0.717) is 17.3 Å². The Balaban J connectivity index is 1.58. The number of benzene rings is 2. The van der Waals surface area contributed by atoms with Gasteiger partial charge >= 0.3 is 6.03 Å². The number of urea groups is 1. The van der Waals surface area contributed by atoms with Crippen LogP contribution in [0.25, 0.3) is 5.69 Å². The molecule has 0 atom stereocenters. The number of carbonyl (C=O) groups is 1. The zero-order chi connectivity index (χ0) is 22.5. The van der Waals surface area contributed by atoms with Crippen molar-refractivity contribution in [3.8, 4) is 17.4 Å². The molecule has 7 heteroatoms. The van der Waals surface area contributed by atoms with Gasteiger partial charge in [0.1, 0.15) is 5.69 Å². The number of nitrogens with zero attached hydrogens (tertiary/aromatic N) is 3. The highest BCUT2D eigenvalue weighted by Gasteiger charge is 2.16. The maximum Gasteiger partial charge on any atom is 0.323 e. The average molecular weight is 428 g/mol. The summed E-state index contributed by atoms with van der Waals surface area (Å²) in [4.78, 5) is 16.9. The van der Waals surface area contributed by atoms with Gasteiger partial charge in [0.2, 0.25) is 11.8 Å². The fourth-order valence-electron chi connectivity index (χ4n) is 3.33. The first-order chi connectivity index (χ1) is 15.5. The lowest BCUT2D eigenvalue weighted by atomic mass is 10.1. The molecule has 0 bridgehead atoms. The van der Waals surface area contributed by atoms with Gasteiger partial charge in [0.25, 0.3) is 0 Å². The van der Waals surface area contributed by atoms with Gasteiger partial charge in [-0.05, 0) is 56.2 Å². The summed E-state index contributed by atoms with van der Waals surface area (Å²) < 4.78 is 7.89. The predicted molar refractivity (Wildman–Crippen MR) is 126 cm³/mol. The van der Waals surface area contributed by atoms with Crippen molar-refractivity contribution in [1.29, 1.82) is 0 Å². The number of aryl methyl sites for hydroxylation is 3. The fraction of sp³-hybridized carbons (Fsp3) is 0.160. The Bertz CT molecular complexity index is 1230. The second-order valence-electron chi connectivity index (χ2n) is 7.42. The van der Waals surface area contributed by atoms with Crippen LogP contribution in [-0.4, -0.2) is 20.8 Å². The minimum absolute atomic E-state index is 0.279. The Morgan fingerprint density at radius 1 is 1.00 bits per heavy atom. The van der Waals surface area contributed by atoms with Crippen LogP contribution >= 0.6 is 0 Å². The second-order valence-corrected chi connectivity index (χ2v) is 7.42. The van der Waals surface area contributed by atoms with Crippen LogP contribution in [0.3, 0.4) is 0 Å². The lowest BCUT2D eigenvalue weighted by Gasteiger charge is -2.14. The summed E-state index contributed by atoms with van der Waals surface area (Å²) in [5, 5.41) is 10.2. The van der Waals surface area contributed by atoms with Gasteiger partial charge in [0, 0.05) is 18.0 Å². The lowest BCUT2D eigenvalue weighted by molar-refractivity contribution is 0.262. The molecule has 2 amide bonds. The number of pyridine rings is 1. The zero-order valence-electron chi connectivity index (χ0n) is 18.3. The topological polar surface area (TPSA) is 81.1 Å². The van der Waals surface area contributed by atoms with Crippen LogP contribution in [0.5, 0.6) is 11.8 Å². The molecule has 2 aromatic heterocycles. The van der Waals surface area contributed by atoms with E-state index in [1.54, 1.807) is 23.0 Å². The van der Waals surface area contributed by atoms with Crippen molar-refractivity contribution in [2.24, 2.45) is 0 Å². The van der Waals surface area contributed by atoms with E-state index >= 15 is 0 Å². The molecule has 162 valence electrons. The van der Waals surface area contributed by atoms with Crippen molar-refractivity contribution in [2.75, 3.05) is 10.6 Å². The molecule has 0 spiro atoms. The molecule has 32 heavy (non-hydrogen) atoms. The Kier molecular flexibility index (Phi) is 6.17. The van der Waals surface area contributed by atoms with E-state index in [1.807, 2.05) is 62.4 Å². The van der Waals surface area contributed by atoms with E-state index in [2.05, 4.69) is 33.7 Å². The quantitative estimate of drug-likeness (QED) is 0.402. The van der Waals surface area contributed by atoms with Gasteiger partial charge in [-0.2, -0.15) is 5.10 Å². The van der Waals surface area contributed by atoms with Crippen LogP contribution in [0.2, 0.25) is 0 Å². The van der Waals surface area contributed by atoms with Gasteiger partial charge in [-0.15, -0.1) is 0 Å². The lowest BCUT2D eigenvalue weighted by Crippen LogP contribution is -2.20. The normalized spacial score (nSPS) is 10.6. The van der Waals surface area contributed by atoms with E-state index in [0.717, 1.165) is 28.9 Å². The second kappa shape index (κ2) is 9.34. The smallest absolute Gasteiger partial charge is 0.323 e. The summed E-state index contributed by atoms with van der Waals surface area (Å²) in [5.74, 6) is 0.797. The van der Waals surface area contributed by atoms with E-state index in [-0.39, 0.29) is 11.9 Å². The molecule has 2 heterocycles. The van der Waals surface area contributed by atoms with Gasteiger partial charge in [-0.25, -0.2) is 14.5 Å². The minimum atomic E-state index is -0.382. The molecule has 0 fully saturated rings. The number of hydrogen-bond donors (Lipinski definition) is 2. The Hall–Kier alpha value is -4.13. The van der Waals surface area contributed by atoms with Gasteiger partial charge < -0.3 is 15.4 Å². The molecule has 4 aromatic rings. The molecule has 0 radical (unpaired) electrons. The van der Waals surface area contributed by atoms with Gasteiger partial charge in [-0.3, -0.25) is 0 Å². The molecule has 0 saturated heterocycles. The SMILES string of the molecule is CCc1ccccc1-n1nc(C)cc1Oc1ncccc1NC(=O)Nc1ccc(C)cc1. The number of anilines is 2. The summed E-state index contributed by atoms with van der Waals surface area (Å²) in [5.41, 5.74) is 5.18. The van der Waals surface area contributed by atoms with E-state index in [4.69, 9.17) is 4.74 Å². The van der Waals surface area contributed by atoms with Crippen LogP contribution in [0, 0.1) is 13.8 Å². The van der Waals surface area contributed by atoms with Crippen molar-refractivity contribution in [2.45, 2.75) is 27.2 Å². The van der Waals surface area contributed by atoms with E-state index in [9.17, 15) is 4.79 Å². The number of para-hydroxylation sites is 1. The third-order valence-corrected chi connectivity index (χ3v) is 4.93. The number of hydrogen-bond acceptors (Lipinski definition) is 4. The van der Waals surface area contributed by atoms with Gasteiger partial charge in [-0.1, -0.05) is 42.8 Å². The molecular formula is C25H25N5O2. The van der Waals surface area contributed by atoms with Gasteiger partial charge in [0.05, 0.1) is 11.4 Å². The number of nitrogens with one attached hydrogen (secondary N) is 2. The molecule has 0 aliphatic heterocycles. The van der Waals surface area contributed by atoms with Crippen molar-refractivity contribution in [3.05, 3.63) is 89.7 Å². The average Bonchev–Trinajstić information content (AvgIpc) is 3.16. The van der Waals surface area contributed by atoms with Gasteiger partial charge in [0.15, 0.2) is 0 Å². The third kappa shape index (κ3) is 4.78. The molecular weight excluding hydrogens is 402 g/mol. The largest absolute Gasteiger partial charge is 0.418 e. The highest BCUT2D eigenvalue weighted by molar-refractivity contribution is 6.00. The Labute approximate surface area is 187 Å². The monoisotopic (exact) mass is 427 g/mol. The summed E-state index contributed by atoms with van der Waals surface area (Å²) >= 11 is 0. The molecule has 4 rings (SSSR count). The number of carbonyl (C=O) groups excluding carboxylic acids is 1. The number of ether oxygens (including phenoxy) is 1. The molecule has 2 N–H and O–H groups in total. The van der Waals surface area contributed by atoms with Crippen LogP contribution in [0.15, 0.2) is 72.9 Å². The Morgan fingerprint density at radius 3 is 2.56 bits per heavy atom. The summed E-state index contributed by atoms with van der Waals surface area (Å²) in [6.45, 7) is 6.00. The minimum Gasteiger partial charge on any atom is -0.418 e. The van der Waals surface area contributed by atoms with Crippen molar-refractivity contribution >= 4 is 17.4 Å². The van der Waals surface area contributed by atoms with Crippen LogP contribution in [-0.2, 0) is 6.42 Å². The molecule has 7 nitrogen and oxygen atoms in total. The van der Waals surface area contributed by atoms with Crippen molar-refractivity contribution < 1.29 is 9.53 Å². The number of rotatable bonds is 6. The van der Waals surface area contributed by atoms with Crippen LogP contribution < -0.4 is 15.4 Å². The third-order valence-electron chi connectivity index (χ3n) is 4.93. The fourth-order valence-corrected chi connectivity index (χ4v) is 3.33. The molecule has 0 unspecified atom stereocenters. The maximum absolute atomic E-state index is 12.5. The molecule has 0 aliphatic rings. The van der Waals surface area contributed by atoms with Crippen molar-refractivity contribution in [3.63, 3.8) is 0 Å².